The summed E-state index contributed by atoms with van der Waals surface area (Å²) in [4.78, 5) is 0. The van der Waals surface area contributed by atoms with Crippen molar-refractivity contribution in [3.8, 4) is 0 Å². The van der Waals surface area contributed by atoms with Gasteiger partial charge in [-0.15, -0.1) is 0 Å². The molecule has 2 N–H and O–H groups in total. The molecular weight excluding hydrogens is 266 g/mol. The van der Waals surface area contributed by atoms with E-state index in [1.807, 2.05) is 6.92 Å². The summed E-state index contributed by atoms with van der Waals surface area (Å²) in [6.45, 7) is 6.04. The Balaban J connectivity index is 1.87. The van der Waals surface area contributed by atoms with Gasteiger partial charge in [0.25, 0.3) is 0 Å². The zero-order valence-electron chi connectivity index (χ0n) is 14.0. The van der Waals surface area contributed by atoms with Crippen molar-refractivity contribution in [2.45, 2.75) is 76.5 Å². The van der Waals surface area contributed by atoms with Crippen LogP contribution in [-0.2, 0) is 9.47 Å². The number of aliphatic hydroxyl groups is 1. The summed E-state index contributed by atoms with van der Waals surface area (Å²) in [5.74, 6) is 0. The predicted molar refractivity (Wildman–Crippen MR) is 84.5 cm³/mol. The van der Waals surface area contributed by atoms with Gasteiger partial charge >= 0.3 is 0 Å². The van der Waals surface area contributed by atoms with Crippen LogP contribution >= 0.6 is 0 Å². The zero-order valence-corrected chi connectivity index (χ0v) is 14.0. The highest BCUT2D eigenvalue weighted by Gasteiger charge is 2.55. The third-order valence-electron chi connectivity index (χ3n) is 5.51. The summed E-state index contributed by atoms with van der Waals surface area (Å²) in [5, 5.41) is 14.0. The number of hydrogen-bond acceptors (Lipinski definition) is 4. The summed E-state index contributed by atoms with van der Waals surface area (Å²) in [7, 11) is 1.68. The maximum Gasteiger partial charge on any atom is 0.0765 e. The minimum Gasteiger partial charge on any atom is -0.389 e. The lowest BCUT2D eigenvalue weighted by Gasteiger charge is -2.58. The monoisotopic (exact) mass is 299 g/mol. The maximum absolute atomic E-state index is 10.4. The number of nitrogens with one attached hydrogen (secondary N) is 1. The third kappa shape index (κ3) is 3.98. The van der Waals surface area contributed by atoms with Crippen molar-refractivity contribution >= 4 is 0 Å². The molecule has 2 saturated carbocycles. The Morgan fingerprint density at radius 1 is 1.29 bits per heavy atom. The van der Waals surface area contributed by atoms with Crippen molar-refractivity contribution in [1.82, 2.24) is 5.32 Å². The second kappa shape index (κ2) is 7.40. The Bertz CT molecular complexity index is 313. The highest BCUT2D eigenvalue weighted by Crippen LogP contribution is 2.53. The number of hydrogen-bond donors (Lipinski definition) is 2. The van der Waals surface area contributed by atoms with E-state index in [0.717, 1.165) is 13.0 Å². The summed E-state index contributed by atoms with van der Waals surface area (Å²) >= 11 is 0. The fourth-order valence-electron chi connectivity index (χ4n) is 4.10. The van der Waals surface area contributed by atoms with Gasteiger partial charge in [0.15, 0.2) is 0 Å². The molecule has 2 fully saturated rings. The van der Waals surface area contributed by atoms with Crippen LogP contribution < -0.4 is 5.32 Å². The van der Waals surface area contributed by atoms with Crippen LogP contribution in [0.3, 0.4) is 0 Å². The van der Waals surface area contributed by atoms with Crippen LogP contribution in [0.5, 0.6) is 0 Å². The number of ether oxygens (including phenoxy) is 2. The molecule has 2 aliphatic rings. The molecule has 0 aromatic heterocycles. The molecule has 124 valence electrons. The third-order valence-corrected chi connectivity index (χ3v) is 5.51. The molecule has 1 spiro atoms. The molecule has 0 amide bonds. The molecule has 0 aliphatic heterocycles. The van der Waals surface area contributed by atoms with E-state index in [1.165, 1.54) is 32.1 Å². The first-order chi connectivity index (χ1) is 10.0. The molecule has 0 saturated heterocycles. The molecule has 0 aromatic rings. The molecule has 2 aliphatic carbocycles. The van der Waals surface area contributed by atoms with Gasteiger partial charge in [-0.2, -0.15) is 0 Å². The Morgan fingerprint density at radius 2 is 2.00 bits per heavy atom. The van der Waals surface area contributed by atoms with Gasteiger partial charge in [0, 0.05) is 44.7 Å². The zero-order chi connectivity index (χ0) is 15.3. The van der Waals surface area contributed by atoms with Crippen LogP contribution in [0, 0.1) is 5.41 Å². The molecule has 4 nitrogen and oxygen atoms in total. The average molecular weight is 299 g/mol. The molecular formula is C17H33NO3. The van der Waals surface area contributed by atoms with Crippen molar-refractivity contribution in [2.75, 3.05) is 26.9 Å². The van der Waals surface area contributed by atoms with Crippen LogP contribution in [0.4, 0.5) is 0 Å². The molecule has 0 aromatic carbocycles. The van der Waals surface area contributed by atoms with Crippen LogP contribution in [0.2, 0.25) is 0 Å². The van der Waals surface area contributed by atoms with Crippen molar-refractivity contribution < 1.29 is 14.6 Å². The second-order valence-corrected chi connectivity index (χ2v) is 7.15. The molecule has 3 unspecified atom stereocenters. The van der Waals surface area contributed by atoms with Gasteiger partial charge in [-0.05, 0) is 33.1 Å². The van der Waals surface area contributed by atoms with E-state index in [9.17, 15) is 5.11 Å². The first-order valence-electron chi connectivity index (χ1n) is 8.60. The smallest absolute Gasteiger partial charge is 0.0765 e. The van der Waals surface area contributed by atoms with Gasteiger partial charge in [0.1, 0.15) is 0 Å². The summed E-state index contributed by atoms with van der Waals surface area (Å²) < 4.78 is 11.1. The lowest BCUT2D eigenvalue weighted by atomic mass is 9.55. The van der Waals surface area contributed by atoms with E-state index in [0.29, 0.717) is 37.1 Å². The normalized spacial score (nSPS) is 30.9. The van der Waals surface area contributed by atoms with Crippen LogP contribution in [-0.4, -0.2) is 49.7 Å². The Morgan fingerprint density at radius 3 is 2.62 bits per heavy atom. The number of methoxy groups -OCH3 is 1. The first kappa shape index (κ1) is 17.2. The average Bonchev–Trinajstić information content (AvgIpc) is 2.49. The Kier molecular flexibility index (Phi) is 6.06. The minimum absolute atomic E-state index is 0.325. The van der Waals surface area contributed by atoms with Crippen molar-refractivity contribution in [3.63, 3.8) is 0 Å². The standard InChI is InChI=1S/C17H33NO3/c1-4-21-15-12-14(17(15)8-6-5-7-9-17)18-13-16(2,19)10-11-20-3/h14-15,18-19H,4-13H2,1-3H3. The van der Waals surface area contributed by atoms with Crippen molar-refractivity contribution in [2.24, 2.45) is 5.41 Å². The molecule has 0 heterocycles. The Hall–Kier alpha value is -0.160. The second-order valence-electron chi connectivity index (χ2n) is 7.15. The minimum atomic E-state index is -0.692. The van der Waals surface area contributed by atoms with Gasteiger partial charge in [-0.1, -0.05) is 19.3 Å². The predicted octanol–water partition coefficient (Wildman–Crippen LogP) is 2.49. The van der Waals surface area contributed by atoms with Crippen molar-refractivity contribution in [3.05, 3.63) is 0 Å². The summed E-state index contributed by atoms with van der Waals surface area (Å²) in [6, 6.07) is 0.503. The molecule has 0 bridgehead atoms. The molecule has 2 rings (SSSR count). The van der Waals surface area contributed by atoms with Crippen LogP contribution in [0.25, 0.3) is 0 Å². The fraction of sp³-hybridized carbons (Fsp3) is 1.00. The molecule has 4 heteroatoms. The first-order valence-corrected chi connectivity index (χ1v) is 8.60. The maximum atomic E-state index is 10.4. The largest absolute Gasteiger partial charge is 0.389 e. The van der Waals surface area contributed by atoms with Gasteiger partial charge in [-0.3, -0.25) is 0 Å². The van der Waals surface area contributed by atoms with Gasteiger partial charge in [-0.25, -0.2) is 0 Å². The van der Waals surface area contributed by atoms with Gasteiger partial charge in [0.05, 0.1) is 11.7 Å². The Labute approximate surface area is 129 Å². The lowest BCUT2D eigenvalue weighted by molar-refractivity contribution is -0.153. The summed E-state index contributed by atoms with van der Waals surface area (Å²) in [5.41, 5.74) is -0.367. The fourth-order valence-corrected chi connectivity index (χ4v) is 4.10. The van der Waals surface area contributed by atoms with E-state index >= 15 is 0 Å². The van der Waals surface area contributed by atoms with Gasteiger partial charge in [0.2, 0.25) is 0 Å². The SMILES string of the molecule is CCOC1CC(NCC(C)(O)CCOC)C12CCCCC2. The van der Waals surface area contributed by atoms with Gasteiger partial charge < -0.3 is 19.9 Å². The highest BCUT2D eigenvalue weighted by molar-refractivity contribution is 5.09. The molecule has 0 radical (unpaired) electrons. The van der Waals surface area contributed by atoms with Crippen molar-refractivity contribution in [1.29, 1.82) is 0 Å². The quantitative estimate of drug-likeness (QED) is 0.723. The highest BCUT2D eigenvalue weighted by atomic mass is 16.5. The van der Waals surface area contributed by atoms with E-state index in [4.69, 9.17) is 9.47 Å². The van der Waals surface area contributed by atoms with E-state index < -0.39 is 5.60 Å². The number of rotatable bonds is 8. The topological polar surface area (TPSA) is 50.7 Å². The summed E-state index contributed by atoms with van der Waals surface area (Å²) in [6.07, 6.45) is 8.73. The van der Waals surface area contributed by atoms with Crippen LogP contribution in [0.15, 0.2) is 0 Å². The van der Waals surface area contributed by atoms with Crippen LogP contribution in [0.1, 0.15) is 58.8 Å². The van der Waals surface area contributed by atoms with E-state index in [1.54, 1.807) is 7.11 Å². The lowest BCUT2D eigenvalue weighted by Crippen LogP contribution is -2.65. The molecule has 3 atom stereocenters. The van der Waals surface area contributed by atoms with E-state index in [-0.39, 0.29) is 0 Å². The molecule has 21 heavy (non-hydrogen) atoms. The van der Waals surface area contributed by atoms with E-state index in [2.05, 4.69) is 12.2 Å².